The minimum atomic E-state index is 0. The number of nitrogens with zero attached hydrogens (tertiary/aromatic N) is 2. The molecule has 21 heavy (non-hydrogen) atoms. The Kier molecular flexibility index (Phi) is 6.65. The lowest BCUT2D eigenvalue weighted by Gasteiger charge is -2.24. The summed E-state index contributed by atoms with van der Waals surface area (Å²) in [5.41, 5.74) is 0.896. The number of aryl methyl sites for hydroxylation is 1. The third-order valence-corrected chi connectivity index (χ3v) is 3.95. The third kappa shape index (κ3) is 3.76. The molecule has 2 aromatic rings. The molecule has 116 valence electrons. The fourth-order valence-electron chi connectivity index (χ4n) is 2.82. The second-order valence-corrected chi connectivity index (χ2v) is 5.29. The molecule has 1 aromatic heterocycles. The van der Waals surface area contributed by atoms with Gasteiger partial charge in [0.15, 0.2) is 0 Å². The van der Waals surface area contributed by atoms with Crippen LogP contribution in [0.15, 0.2) is 29.1 Å². The molecule has 0 amide bonds. The van der Waals surface area contributed by atoms with Crippen molar-refractivity contribution in [3.05, 3.63) is 40.4 Å². The van der Waals surface area contributed by atoms with Crippen molar-refractivity contribution >= 4 is 35.7 Å². The quantitative estimate of drug-likeness (QED) is 0.921. The van der Waals surface area contributed by atoms with Gasteiger partial charge in [0.2, 0.25) is 0 Å². The molecule has 6 heteroatoms. The Balaban J connectivity index is 0.00000110. The van der Waals surface area contributed by atoms with E-state index in [1.807, 2.05) is 35.8 Å². The van der Waals surface area contributed by atoms with Gasteiger partial charge in [-0.2, -0.15) is 0 Å². The van der Waals surface area contributed by atoms with Crippen molar-refractivity contribution in [2.75, 3.05) is 13.1 Å². The van der Waals surface area contributed by atoms with Gasteiger partial charge in [0.25, 0.3) is 5.56 Å². The van der Waals surface area contributed by atoms with E-state index in [0.29, 0.717) is 5.92 Å². The number of hydrogen-bond donors (Lipinski definition) is 1. The van der Waals surface area contributed by atoms with Crippen molar-refractivity contribution in [1.29, 1.82) is 0 Å². The summed E-state index contributed by atoms with van der Waals surface area (Å²) >= 11 is 0. The van der Waals surface area contributed by atoms with Crippen LogP contribution in [0.3, 0.4) is 0 Å². The van der Waals surface area contributed by atoms with Crippen LogP contribution in [-0.2, 0) is 6.54 Å². The number of hydrogen-bond acceptors (Lipinski definition) is 3. The number of fused-ring (bicyclic) bond motifs is 1. The molecule has 1 aliphatic heterocycles. The molecule has 1 aromatic carbocycles. The largest absolute Gasteiger partial charge is 0.317 e. The van der Waals surface area contributed by atoms with Gasteiger partial charge < -0.3 is 5.32 Å². The zero-order valence-electron chi connectivity index (χ0n) is 12.0. The molecule has 0 radical (unpaired) electrons. The summed E-state index contributed by atoms with van der Waals surface area (Å²) in [5.74, 6) is 1.41. The lowest BCUT2D eigenvalue weighted by Crippen LogP contribution is -2.33. The van der Waals surface area contributed by atoms with Crippen LogP contribution in [0.2, 0.25) is 0 Å². The fraction of sp³-hybridized carbons (Fsp3) is 0.467. The summed E-state index contributed by atoms with van der Waals surface area (Å²) < 4.78 is 1.85. The molecule has 0 atom stereocenters. The van der Waals surface area contributed by atoms with Crippen molar-refractivity contribution < 1.29 is 0 Å². The Hall–Kier alpha value is -1.10. The molecule has 1 saturated heterocycles. The highest BCUT2D eigenvalue weighted by atomic mass is 35.5. The molecule has 0 saturated carbocycles. The summed E-state index contributed by atoms with van der Waals surface area (Å²) in [6.07, 6.45) is 2.28. The number of piperidine rings is 1. The smallest absolute Gasteiger partial charge is 0.261 e. The third-order valence-electron chi connectivity index (χ3n) is 3.95. The molecule has 1 N–H and O–H groups in total. The SMILES string of the molecule is Cc1nc2ccccc2c(=O)n1CC1CCNCC1.Cl.Cl. The van der Waals surface area contributed by atoms with Crippen LogP contribution >= 0.6 is 24.8 Å². The first-order valence-electron chi connectivity index (χ1n) is 6.92. The summed E-state index contributed by atoms with van der Waals surface area (Å²) in [4.78, 5) is 17.1. The molecule has 0 unspecified atom stereocenters. The second kappa shape index (κ2) is 7.78. The first-order valence-corrected chi connectivity index (χ1v) is 6.92. The van der Waals surface area contributed by atoms with E-state index in [0.717, 1.165) is 49.2 Å². The van der Waals surface area contributed by atoms with Gasteiger partial charge in [-0.05, 0) is 50.9 Å². The van der Waals surface area contributed by atoms with Crippen LogP contribution in [0, 0.1) is 12.8 Å². The van der Waals surface area contributed by atoms with Gasteiger partial charge in [0.05, 0.1) is 10.9 Å². The standard InChI is InChI=1S/C15H19N3O.2ClH/c1-11-17-14-5-3-2-4-13(14)15(19)18(11)10-12-6-8-16-9-7-12;;/h2-5,12,16H,6-10H2,1H3;2*1H. The van der Waals surface area contributed by atoms with Crippen molar-refractivity contribution in [2.24, 2.45) is 5.92 Å². The van der Waals surface area contributed by atoms with Crippen LogP contribution in [0.5, 0.6) is 0 Å². The van der Waals surface area contributed by atoms with Gasteiger partial charge in [0.1, 0.15) is 5.82 Å². The van der Waals surface area contributed by atoms with Gasteiger partial charge in [-0.3, -0.25) is 9.36 Å². The number of nitrogens with one attached hydrogen (secondary N) is 1. The zero-order valence-corrected chi connectivity index (χ0v) is 13.7. The number of halogens is 2. The van der Waals surface area contributed by atoms with Gasteiger partial charge in [-0.25, -0.2) is 4.98 Å². The van der Waals surface area contributed by atoms with E-state index >= 15 is 0 Å². The maximum absolute atomic E-state index is 12.5. The predicted molar refractivity (Wildman–Crippen MR) is 90.8 cm³/mol. The highest BCUT2D eigenvalue weighted by Crippen LogP contribution is 2.15. The molecular weight excluding hydrogens is 309 g/mol. The van der Waals surface area contributed by atoms with E-state index in [-0.39, 0.29) is 30.4 Å². The minimum absolute atomic E-state index is 0. The summed E-state index contributed by atoms with van der Waals surface area (Å²) in [6, 6.07) is 7.59. The van der Waals surface area contributed by atoms with Crippen molar-refractivity contribution in [3.63, 3.8) is 0 Å². The highest BCUT2D eigenvalue weighted by Gasteiger charge is 2.16. The Morgan fingerprint density at radius 3 is 2.62 bits per heavy atom. The van der Waals surface area contributed by atoms with E-state index in [4.69, 9.17) is 0 Å². The lowest BCUT2D eigenvalue weighted by atomic mass is 9.98. The Morgan fingerprint density at radius 2 is 1.90 bits per heavy atom. The normalized spacial score (nSPS) is 15.3. The number of rotatable bonds is 2. The molecule has 3 rings (SSSR count). The van der Waals surface area contributed by atoms with Gasteiger partial charge in [-0.1, -0.05) is 12.1 Å². The lowest BCUT2D eigenvalue weighted by molar-refractivity contribution is 0.326. The van der Waals surface area contributed by atoms with Crippen molar-refractivity contribution in [2.45, 2.75) is 26.3 Å². The molecule has 0 bridgehead atoms. The van der Waals surface area contributed by atoms with E-state index in [2.05, 4.69) is 10.3 Å². The summed E-state index contributed by atoms with van der Waals surface area (Å²) in [6.45, 7) is 4.83. The van der Waals surface area contributed by atoms with Crippen LogP contribution in [0.1, 0.15) is 18.7 Å². The van der Waals surface area contributed by atoms with E-state index in [1.165, 1.54) is 0 Å². The average molecular weight is 330 g/mol. The van der Waals surface area contributed by atoms with Crippen molar-refractivity contribution in [3.8, 4) is 0 Å². The average Bonchev–Trinajstić information content (AvgIpc) is 2.45. The van der Waals surface area contributed by atoms with E-state index < -0.39 is 0 Å². The van der Waals surface area contributed by atoms with Crippen LogP contribution in [-0.4, -0.2) is 22.6 Å². The second-order valence-electron chi connectivity index (χ2n) is 5.29. The van der Waals surface area contributed by atoms with Crippen LogP contribution < -0.4 is 10.9 Å². The molecule has 1 fully saturated rings. The maximum atomic E-state index is 12.5. The first kappa shape index (κ1) is 18.0. The van der Waals surface area contributed by atoms with E-state index in [1.54, 1.807) is 0 Å². The highest BCUT2D eigenvalue weighted by molar-refractivity contribution is 5.85. The summed E-state index contributed by atoms with van der Waals surface area (Å²) in [5, 5.41) is 4.08. The fourth-order valence-corrected chi connectivity index (χ4v) is 2.82. The Bertz CT molecular complexity index is 651. The molecule has 0 aliphatic carbocycles. The molecular formula is C15H21Cl2N3O. The Morgan fingerprint density at radius 1 is 1.24 bits per heavy atom. The molecule has 0 spiro atoms. The maximum Gasteiger partial charge on any atom is 0.261 e. The number of aromatic nitrogens is 2. The monoisotopic (exact) mass is 329 g/mol. The number of benzene rings is 1. The Labute approximate surface area is 136 Å². The predicted octanol–water partition coefficient (Wildman–Crippen LogP) is 2.55. The minimum Gasteiger partial charge on any atom is -0.317 e. The van der Waals surface area contributed by atoms with Crippen LogP contribution in [0.25, 0.3) is 10.9 Å². The van der Waals surface area contributed by atoms with E-state index in [9.17, 15) is 4.79 Å². The van der Waals surface area contributed by atoms with Gasteiger partial charge >= 0.3 is 0 Å². The molecule has 2 heterocycles. The summed E-state index contributed by atoms with van der Waals surface area (Å²) in [7, 11) is 0. The topological polar surface area (TPSA) is 46.9 Å². The van der Waals surface area contributed by atoms with Gasteiger partial charge in [0, 0.05) is 6.54 Å². The zero-order chi connectivity index (χ0) is 13.2. The molecule has 4 nitrogen and oxygen atoms in total. The van der Waals surface area contributed by atoms with Crippen molar-refractivity contribution in [1.82, 2.24) is 14.9 Å². The first-order chi connectivity index (χ1) is 9.25. The van der Waals surface area contributed by atoms with Gasteiger partial charge in [-0.15, -0.1) is 24.8 Å². The number of para-hydroxylation sites is 1. The van der Waals surface area contributed by atoms with Crippen LogP contribution in [0.4, 0.5) is 0 Å². The molecule has 1 aliphatic rings.